The number of aryl methyl sites for hydroxylation is 1. The molecule has 0 unspecified atom stereocenters. The molecule has 2 aromatic carbocycles. The van der Waals surface area contributed by atoms with Crippen LogP contribution in [0.5, 0.6) is 5.75 Å². The Morgan fingerprint density at radius 1 is 1.07 bits per heavy atom. The number of hydrogen-bond donors (Lipinski definition) is 1. The smallest absolute Gasteiger partial charge is 0.321 e. The number of nitrogens with one attached hydrogen (secondary N) is 1. The molecule has 1 fully saturated rings. The van der Waals surface area contributed by atoms with Crippen LogP contribution in [0.1, 0.15) is 37.8 Å². The van der Waals surface area contributed by atoms with E-state index in [0.717, 1.165) is 30.9 Å². The molecular formula is C23H31N3O2. The van der Waals surface area contributed by atoms with Gasteiger partial charge in [-0.1, -0.05) is 39.0 Å². The van der Waals surface area contributed by atoms with Gasteiger partial charge in [-0.3, -0.25) is 0 Å². The zero-order chi connectivity index (χ0) is 20.1. The van der Waals surface area contributed by atoms with Crippen LogP contribution in [0.3, 0.4) is 0 Å². The van der Waals surface area contributed by atoms with E-state index in [4.69, 9.17) is 4.74 Å². The molecule has 5 nitrogen and oxygen atoms in total. The van der Waals surface area contributed by atoms with Crippen LogP contribution >= 0.6 is 0 Å². The fourth-order valence-corrected chi connectivity index (χ4v) is 3.69. The Balaban J connectivity index is 1.64. The van der Waals surface area contributed by atoms with Gasteiger partial charge in [-0.2, -0.15) is 0 Å². The first-order valence-electron chi connectivity index (χ1n) is 10.1. The lowest BCUT2D eigenvalue weighted by atomic mass is 9.96. The second-order valence-corrected chi connectivity index (χ2v) is 7.49. The van der Waals surface area contributed by atoms with Crippen molar-refractivity contribution in [3.8, 4) is 5.75 Å². The summed E-state index contributed by atoms with van der Waals surface area (Å²) in [7, 11) is 1.67. The van der Waals surface area contributed by atoms with Crippen LogP contribution < -0.4 is 15.0 Å². The Kier molecular flexibility index (Phi) is 6.45. The fraction of sp³-hybridized carbons (Fsp3) is 0.435. The monoisotopic (exact) mass is 381 g/mol. The summed E-state index contributed by atoms with van der Waals surface area (Å²) < 4.78 is 5.23. The fourth-order valence-electron chi connectivity index (χ4n) is 3.69. The molecule has 0 atom stereocenters. The van der Waals surface area contributed by atoms with E-state index in [1.54, 1.807) is 7.11 Å². The first kappa shape index (κ1) is 20.1. The molecule has 0 aromatic heterocycles. The highest BCUT2D eigenvalue weighted by atomic mass is 16.5. The number of piperazine rings is 1. The number of carbonyl (C=O) groups is 1. The van der Waals surface area contributed by atoms with Crippen LogP contribution in [0.15, 0.2) is 42.5 Å². The number of amides is 2. The summed E-state index contributed by atoms with van der Waals surface area (Å²) in [6.07, 6.45) is 0.904. The van der Waals surface area contributed by atoms with Crippen molar-refractivity contribution >= 4 is 17.4 Å². The van der Waals surface area contributed by atoms with E-state index in [0.29, 0.717) is 19.0 Å². The van der Waals surface area contributed by atoms with E-state index in [1.807, 2.05) is 17.0 Å². The van der Waals surface area contributed by atoms with Crippen LogP contribution in [0.25, 0.3) is 0 Å². The normalized spacial score (nSPS) is 14.3. The van der Waals surface area contributed by atoms with Gasteiger partial charge in [0, 0.05) is 37.6 Å². The molecule has 1 N–H and O–H groups in total. The number of anilines is 2. The summed E-state index contributed by atoms with van der Waals surface area (Å²) in [5.74, 6) is 1.23. The Morgan fingerprint density at radius 2 is 1.75 bits per heavy atom. The molecule has 1 heterocycles. The van der Waals surface area contributed by atoms with Gasteiger partial charge in [0.25, 0.3) is 0 Å². The minimum absolute atomic E-state index is 0.00261. The van der Waals surface area contributed by atoms with Crippen LogP contribution in [0.2, 0.25) is 0 Å². The standard InChI is InChI=1S/C23H31N3O2/c1-5-18-7-6-8-21(17(2)3)22(18)24-23(27)26-15-13-25(14-16-26)19-9-11-20(28-4)12-10-19/h6-12,17H,5,13-16H2,1-4H3,(H,24,27). The van der Waals surface area contributed by atoms with Crippen molar-refractivity contribution in [3.05, 3.63) is 53.6 Å². The number of hydrogen-bond acceptors (Lipinski definition) is 3. The highest BCUT2D eigenvalue weighted by Gasteiger charge is 2.23. The molecule has 150 valence electrons. The van der Waals surface area contributed by atoms with Crippen molar-refractivity contribution in [3.63, 3.8) is 0 Å². The number of benzene rings is 2. The lowest BCUT2D eigenvalue weighted by Gasteiger charge is -2.36. The maximum Gasteiger partial charge on any atom is 0.321 e. The zero-order valence-corrected chi connectivity index (χ0v) is 17.4. The van der Waals surface area contributed by atoms with Gasteiger partial charge in [-0.25, -0.2) is 4.79 Å². The molecule has 1 saturated heterocycles. The Hall–Kier alpha value is -2.69. The highest BCUT2D eigenvalue weighted by molar-refractivity contribution is 5.91. The maximum absolute atomic E-state index is 12.9. The minimum Gasteiger partial charge on any atom is -0.497 e. The van der Waals surface area contributed by atoms with Crippen molar-refractivity contribution in [2.45, 2.75) is 33.1 Å². The number of rotatable bonds is 5. The van der Waals surface area contributed by atoms with E-state index in [1.165, 1.54) is 16.8 Å². The largest absolute Gasteiger partial charge is 0.497 e. The second-order valence-electron chi connectivity index (χ2n) is 7.49. The predicted molar refractivity (Wildman–Crippen MR) is 116 cm³/mol. The third kappa shape index (κ3) is 4.41. The molecule has 3 rings (SSSR count). The Morgan fingerprint density at radius 3 is 2.32 bits per heavy atom. The van der Waals surface area contributed by atoms with E-state index in [2.05, 4.69) is 61.3 Å². The SMILES string of the molecule is CCc1cccc(C(C)C)c1NC(=O)N1CCN(c2ccc(OC)cc2)CC1. The minimum atomic E-state index is -0.00261. The summed E-state index contributed by atoms with van der Waals surface area (Å²) in [5, 5.41) is 3.20. The average molecular weight is 382 g/mol. The molecule has 0 saturated carbocycles. The van der Waals surface area contributed by atoms with Gasteiger partial charge in [0.15, 0.2) is 0 Å². The van der Waals surface area contributed by atoms with Gasteiger partial charge in [-0.05, 0) is 47.7 Å². The van der Waals surface area contributed by atoms with Crippen LogP contribution in [-0.4, -0.2) is 44.2 Å². The quantitative estimate of drug-likeness (QED) is 0.814. The molecule has 1 aliphatic heterocycles. The summed E-state index contributed by atoms with van der Waals surface area (Å²) in [6.45, 7) is 9.53. The highest BCUT2D eigenvalue weighted by Crippen LogP contribution is 2.29. The van der Waals surface area contributed by atoms with E-state index in [-0.39, 0.29) is 6.03 Å². The van der Waals surface area contributed by atoms with Crippen molar-refractivity contribution in [1.29, 1.82) is 0 Å². The summed E-state index contributed by atoms with van der Waals surface area (Å²) in [4.78, 5) is 17.1. The van der Waals surface area contributed by atoms with Crippen molar-refractivity contribution in [2.24, 2.45) is 0 Å². The third-order valence-corrected chi connectivity index (χ3v) is 5.42. The molecule has 0 bridgehead atoms. The van der Waals surface area contributed by atoms with Gasteiger partial charge in [0.1, 0.15) is 5.75 Å². The number of methoxy groups -OCH3 is 1. The topological polar surface area (TPSA) is 44.8 Å². The van der Waals surface area contributed by atoms with Crippen molar-refractivity contribution < 1.29 is 9.53 Å². The maximum atomic E-state index is 12.9. The predicted octanol–water partition coefficient (Wildman–Crippen LogP) is 4.74. The van der Waals surface area contributed by atoms with Crippen LogP contribution in [0, 0.1) is 0 Å². The number of ether oxygens (including phenoxy) is 1. The van der Waals surface area contributed by atoms with Gasteiger partial charge < -0.3 is 19.9 Å². The third-order valence-electron chi connectivity index (χ3n) is 5.42. The van der Waals surface area contributed by atoms with Crippen LogP contribution in [0.4, 0.5) is 16.2 Å². The van der Waals surface area contributed by atoms with E-state index < -0.39 is 0 Å². The number of urea groups is 1. The average Bonchev–Trinajstić information content (AvgIpc) is 2.73. The van der Waals surface area contributed by atoms with Crippen molar-refractivity contribution in [2.75, 3.05) is 43.5 Å². The molecular weight excluding hydrogens is 350 g/mol. The van der Waals surface area contributed by atoms with Gasteiger partial charge >= 0.3 is 6.03 Å². The first-order valence-corrected chi connectivity index (χ1v) is 10.1. The summed E-state index contributed by atoms with van der Waals surface area (Å²) in [5.41, 5.74) is 4.54. The lowest BCUT2D eigenvalue weighted by Crippen LogP contribution is -2.50. The molecule has 0 aliphatic carbocycles. The molecule has 2 amide bonds. The number of carbonyl (C=O) groups excluding carboxylic acids is 1. The first-order chi connectivity index (χ1) is 13.5. The van der Waals surface area contributed by atoms with E-state index in [9.17, 15) is 4.79 Å². The number of nitrogens with zero attached hydrogens (tertiary/aromatic N) is 2. The van der Waals surface area contributed by atoms with Gasteiger partial charge in [0.05, 0.1) is 7.11 Å². The Bertz CT molecular complexity index is 794. The second kappa shape index (κ2) is 9.00. The van der Waals surface area contributed by atoms with Gasteiger partial charge in [-0.15, -0.1) is 0 Å². The molecule has 5 heteroatoms. The lowest BCUT2D eigenvalue weighted by molar-refractivity contribution is 0.208. The van der Waals surface area contributed by atoms with Gasteiger partial charge in [0.2, 0.25) is 0 Å². The number of para-hydroxylation sites is 1. The Labute approximate surface area is 168 Å². The molecule has 0 radical (unpaired) electrons. The molecule has 0 spiro atoms. The van der Waals surface area contributed by atoms with Crippen LogP contribution in [-0.2, 0) is 6.42 Å². The van der Waals surface area contributed by atoms with Crippen molar-refractivity contribution in [1.82, 2.24) is 4.90 Å². The summed E-state index contributed by atoms with van der Waals surface area (Å²) >= 11 is 0. The molecule has 2 aromatic rings. The molecule has 1 aliphatic rings. The van der Waals surface area contributed by atoms with E-state index >= 15 is 0 Å². The summed E-state index contributed by atoms with van der Waals surface area (Å²) in [6, 6.07) is 14.4. The zero-order valence-electron chi connectivity index (χ0n) is 17.4. The molecule has 28 heavy (non-hydrogen) atoms.